The first-order valence-corrected chi connectivity index (χ1v) is 10.2. The highest BCUT2D eigenvalue weighted by molar-refractivity contribution is 7.17. The molecule has 0 aliphatic rings. The van der Waals surface area contributed by atoms with E-state index in [0.29, 0.717) is 42.9 Å². The van der Waals surface area contributed by atoms with Crippen molar-refractivity contribution < 1.29 is 14.3 Å². The molecular formula is C22H16ClN3O3S. The Morgan fingerprint density at radius 3 is 2.57 bits per heavy atom. The lowest BCUT2D eigenvalue weighted by molar-refractivity contribution is 0.0605. The van der Waals surface area contributed by atoms with Crippen LogP contribution in [0.4, 0.5) is 5.13 Å². The maximum Gasteiger partial charge on any atom is 0.350 e. The number of esters is 1. The number of methoxy groups -OCH3 is 1. The summed E-state index contributed by atoms with van der Waals surface area (Å²) in [7, 11) is 1.30. The predicted octanol–water partition coefficient (Wildman–Crippen LogP) is 5.36. The van der Waals surface area contributed by atoms with E-state index in [1.54, 1.807) is 19.1 Å². The number of hydrogen-bond donors (Lipinski definition) is 1. The quantitative estimate of drug-likeness (QED) is 0.435. The largest absolute Gasteiger partial charge is 0.465 e. The minimum absolute atomic E-state index is 0.318. The second-order valence-electron chi connectivity index (χ2n) is 6.43. The van der Waals surface area contributed by atoms with Crippen LogP contribution in [0.3, 0.4) is 0 Å². The van der Waals surface area contributed by atoms with E-state index in [1.165, 1.54) is 7.11 Å². The van der Waals surface area contributed by atoms with Gasteiger partial charge in [0.25, 0.3) is 5.91 Å². The van der Waals surface area contributed by atoms with E-state index in [-0.39, 0.29) is 5.91 Å². The molecule has 0 atom stereocenters. The molecule has 150 valence electrons. The van der Waals surface area contributed by atoms with Crippen molar-refractivity contribution in [3.05, 3.63) is 75.8 Å². The number of nitrogens with one attached hydrogen (secondary N) is 1. The number of carbonyl (C=O) groups is 2. The van der Waals surface area contributed by atoms with Crippen LogP contribution >= 0.6 is 22.9 Å². The number of aromatic nitrogens is 2. The van der Waals surface area contributed by atoms with Gasteiger partial charge in [0.1, 0.15) is 4.88 Å². The van der Waals surface area contributed by atoms with Crippen molar-refractivity contribution in [2.24, 2.45) is 0 Å². The third-order valence-electron chi connectivity index (χ3n) is 4.50. The number of thiazole rings is 1. The molecule has 0 aliphatic carbocycles. The number of ether oxygens (including phenoxy) is 1. The maximum atomic E-state index is 13.1. The summed E-state index contributed by atoms with van der Waals surface area (Å²) in [5, 5.41) is 4.35. The molecule has 1 N–H and O–H groups in total. The summed E-state index contributed by atoms with van der Waals surface area (Å²) in [6, 6.07) is 16.4. The SMILES string of the molecule is COC(=O)c1sc(NC(=O)c2cc(-c3ccccc3Cl)nc3ccccc23)nc1C. The summed E-state index contributed by atoms with van der Waals surface area (Å²) in [4.78, 5) is 34.3. The smallest absolute Gasteiger partial charge is 0.350 e. The molecule has 0 fully saturated rings. The van der Waals surface area contributed by atoms with Gasteiger partial charge in [-0.05, 0) is 25.1 Å². The van der Waals surface area contributed by atoms with Crippen molar-refractivity contribution in [1.82, 2.24) is 9.97 Å². The van der Waals surface area contributed by atoms with Gasteiger partial charge in [-0.1, -0.05) is 59.3 Å². The molecule has 0 spiro atoms. The molecule has 0 bridgehead atoms. The van der Waals surface area contributed by atoms with Crippen LogP contribution in [0.1, 0.15) is 25.7 Å². The van der Waals surface area contributed by atoms with E-state index in [9.17, 15) is 9.59 Å². The summed E-state index contributed by atoms with van der Waals surface area (Å²) >= 11 is 7.41. The molecule has 6 nitrogen and oxygen atoms in total. The first-order valence-electron chi connectivity index (χ1n) is 8.99. The maximum absolute atomic E-state index is 13.1. The molecule has 2 heterocycles. The first-order chi connectivity index (χ1) is 14.5. The number of carbonyl (C=O) groups excluding carboxylic acids is 2. The minimum Gasteiger partial charge on any atom is -0.465 e. The van der Waals surface area contributed by atoms with Crippen LogP contribution in [0, 0.1) is 6.92 Å². The van der Waals surface area contributed by atoms with E-state index in [4.69, 9.17) is 16.3 Å². The average Bonchev–Trinajstić information content (AvgIpc) is 3.12. The second-order valence-corrected chi connectivity index (χ2v) is 7.84. The Balaban J connectivity index is 1.77. The topological polar surface area (TPSA) is 81.2 Å². The number of nitrogens with zero attached hydrogens (tertiary/aromatic N) is 2. The molecule has 4 aromatic rings. The van der Waals surface area contributed by atoms with Crippen molar-refractivity contribution in [2.45, 2.75) is 6.92 Å². The molecule has 4 rings (SSSR count). The van der Waals surface area contributed by atoms with E-state index < -0.39 is 5.97 Å². The molecule has 30 heavy (non-hydrogen) atoms. The number of para-hydroxylation sites is 1. The van der Waals surface area contributed by atoms with Gasteiger partial charge in [-0.25, -0.2) is 14.8 Å². The number of anilines is 1. The summed E-state index contributed by atoms with van der Waals surface area (Å²) in [6.45, 7) is 1.69. The third kappa shape index (κ3) is 3.77. The van der Waals surface area contributed by atoms with Crippen LogP contribution in [0.2, 0.25) is 5.02 Å². The number of aryl methyl sites for hydroxylation is 1. The van der Waals surface area contributed by atoms with Gasteiger partial charge < -0.3 is 4.74 Å². The average molecular weight is 438 g/mol. The van der Waals surface area contributed by atoms with Gasteiger partial charge in [0.05, 0.1) is 29.6 Å². The molecule has 0 saturated heterocycles. The number of fused-ring (bicyclic) bond motifs is 1. The number of amides is 1. The second kappa shape index (κ2) is 8.22. The molecule has 8 heteroatoms. The van der Waals surface area contributed by atoms with Gasteiger partial charge in [0.2, 0.25) is 0 Å². The fraction of sp³-hybridized carbons (Fsp3) is 0.0909. The first kappa shape index (κ1) is 20.0. The van der Waals surface area contributed by atoms with Gasteiger partial charge in [-0.3, -0.25) is 10.1 Å². The van der Waals surface area contributed by atoms with Gasteiger partial charge >= 0.3 is 5.97 Å². The van der Waals surface area contributed by atoms with Crippen molar-refractivity contribution in [3.63, 3.8) is 0 Å². The van der Waals surface area contributed by atoms with Gasteiger partial charge in [-0.2, -0.15) is 0 Å². The van der Waals surface area contributed by atoms with Crippen LogP contribution in [-0.2, 0) is 4.74 Å². The van der Waals surface area contributed by atoms with E-state index in [1.807, 2.05) is 42.5 Å². The highest BCUT2D eigenvalue weighted by Crippen LogP contribution is 2.30. The molecule has 2 aromatic heterocycles. The van der Waals surface area contributed by atoms with Crippen LogP contribution in [0.5, 0.6) is 0 Å². The van der Waals surface area contributed by atoms with E-state index >= 15 is 0 Å². The zero-order valence-corrected chi connectivity index (χ0v) is 17.7. The Morgan fingerprint density at radius 2 is 1.80 bits per heavy atom. The van der Waals surface area contributed by atoms with Crippen molar-refractivity contribution in [1.29, 1.82) is 0 Å². The lowest BCUT2D eigenvalue weighted by atomic mass is 10.0. The third-order valence-corrected chi connectivity index (χ3v) is 5.88. The standard InChI is InChI=1S/C22H16ClN3O3S/c1-12-19(21(28)29-2)30-22(24-12)26-20(27)15-11-18(14-8-3-5-9-16(14)23)25-17-10-6-4-7-13(15)17/h3-11H,1-2H3,(H,24,26,27). The molecule has 0 aliphatic heterocycles. The Morgan fingerprint density at radius 1 is 1.07 bits per heavy atom. The molecule has 0 saturated carbocycles. The van der Waals surface area contributed by atoms with Crippen molar-refractivity contribution in [2.75, 3.05) is 12.4 Å². The molecule has 2 aromatic carbocycles. The zero-order valence-electron chi connectivity index (χ0n) is 16.1. The summed E-state index contributed by atoms with van der Waals surface area (Å²) in [5.74, 6) is -0.840. The van der Waals surface area contributed by atoms with Gasteiger partial charge in [0, 0.05) is 16.0 Å². The fourth-order valence-electron chi connectivity index (χ4n) is 3.07. The highest BCUT2D eigenvalue weighted by atomic mass is 35.5. The van der Waals surface area contributed by atoms with Crippen molar-refractivity contribution >= 4 is 50.8 Å². The van der Waals surface area contributed by atoms with E-state index in [0.717, 1.165) is 16.9 Å². The lowest BCUT2D eigenvalue weighted by Gasteiger charge is -2.10. The lowest BCUT2D eigenvalue weighted by Crippen LogP contribution is -2.13. The number of pyridine rings is 1. The number of benzene rings is 2. The van der Waals surface area contributed by atoms with Crippen LogP contribution in [0.25, 0.3) is 22.2 Å². The number of rotatable bonds is 4. The Hall–Kier alpha value is -3.29. The molecule has 1 amide bonds. The molecular weight excluding hydrogens is 422 g/mol. The van der Waals surface area contributed by atoms with Gasteiger partial charge in [0.15, 0.2) is 5.13 Å². The fourth-order valence-corrected chi connectivity index (χ4v) is 4.18. The number of halogens is 1. The summed E-state index contributed by atoms with van der Waals surface area (Å²) < 4.78 is 4.75. The van der Waals surface area contributed by atoms with Crippen molar-refractivity contribution in [3.8, 4) is 11.3 Å². The Labute approximate surface area is 181 Å². The van der Waals surface area contributed by atoms with Crippen LogP contribution in [-0.4, -0.2) is 29.0 Å². The van der Waals surface area contributed by atoms with Crippen LogP contribution in [0.15, 0.2) is 54.6 Å². The summed E-state index contributed by atoms with van der Waals surface area (Å²) in [5.41, 5.74) is 2.93. The number of hydrogen-bond acceptors (Lipinski definition) is 6. The van der Waals surface area contributed by atoms with Crippen LogP contribution < -0.4 is 5.32 Å². The highest BCUT2D eigenvalue weighted by Gasteiger charge is 2.19. The minimum atomic E-state index is -0.485. The predicted molar refractivity (Wildman–Crippen MR) is 118 cm³/mol. The molecule has 0 radical (unpaired) electrons. The zero-order chi connectivity index (χ0) is 21.3. The van der Waals surface area contributed by atoms with E-state index in [2.05, 4.69) is 15.3 Å². The Bertz CT molecular complexity index is 1290. The Kier molecular flexibility index (Phi) is 5.48. The normalized spacial score (nSPS) is 10.8. The molecule has 0 unspecified atom stereocenters. The monoisotopic (exact) mass is 437 g/mol. The van der Waals surface area contributed by atoms with Gasteiger partial charge in [-0.15, -0.1) is 0 Å². The summed E-state index contributed by atoms with van der Waals surface area (Å²) in [6.07, 6.45) is 0.